The molecule has 0 aromatic heterocycles. The van der Waals surface area contributed by atoms with Crippen molar-refractivity contribution in [3.05, 3.63) is 33.3 Å². The van der Waals surface area contributed by atoms with Crippen LogP contribution >= 0.6 is 43.5 Å². The molecule has 1 aromatic carbocycles. The molecule has 0 saturated heterocycles. The Labute approximate surface area is 130 Å². The second-order valence-corrected chi connectivity index (χ2v) is 6.54. The summed E-state index contributed by atoms with van der Waals surface area (Å²) in [6.07, 6.45) is 0.900. The average molecular weight is 398 g/mol. The highest BCUT2D eigenvalue weighted by atomic mass is 79.9. The van der Waals surface area contributed by atoms with E-state index < -0.39 is 0 Å². The van der Waals surface area contributed by atoms with Crippen LogP contribution in [0, 0.1) is 5.92 Å². The Bertz CT molecular complexity index is 423. The largest absolute Gasteiger partial charge is 0.349 e. The Kier molecular flexibility index (Phi) is 6.67. The summed E-state index contributed by atoms with van der Waals surface area (Å²) >= 11 is 12.8. The van der Waals surface area contributed by atoms with E-state index in [1.54, 1.807) is 12.1 Å². The van der Waals surface area contributed by atoms with E-state index in [4.69, 9.17) is 11.6 Å². The van der Waals surface area contributed by atoms with E-state index in [0.29, 0.717) is 16.5 Å². The Morgan fingerprint density at radius 2 is 2.11 bits per heavy atom. The van der Waals surface area contributed by atoms with Crippen LogP contribution in [0.2, 0.25) is 5.02 Å². The summed E-state index contributed by atoms with van der Waals surface area (Å²) in [6, 6.07) is 5.42. The highest BCUT2D eigenvalue weighted by molar-refractivity contribution is 9.10. The van der Waals surface area contributed by atoms with Crippen LogP contribution < -0.4 is 5.32 Å². The molecule has 0 spiro atoms. The van der Waals surface area contributed by atoms with Crippen molar-refractivity contribution in [2.24, 2.45) is 5.92 Å². The minimum atomic E-state index is -0.118. The molecule has 1 atom stereocenters. The first-order valence-electron chi connectivity index (χ1n) is 5.77. The van der Waals surface area contributed by atoms with Gasteiger partial charge in [0.1, 0.15) is 0 Å². The highest BCUT2D eigenvalue weighted by Gasteiger charge is 2.18. The van der Waals surface area contributed by atoms with Crippen LogP contribution in [0.4, 0.5) is 0 Å². The number of benzene rings is 1. The summed E-state index contributed by atoms with van der Waals surface area (Å²) in [7, 11) is 0. The van der Waals surface area contributed by atoms with Crippen LogP contribution in [0.15, 0.2) is 22.7 Å². The number of carbonyl (C=O) groups is 1. The van der Waals surface area contributed by atoms with E-state index in [1.807, 2.05) is 6.07 Å². The van der Waals surface area contributed by atoms with Crippen molar-refractivity contribution >= 4 is 49.4 Å². The molecule has 1 aromatic rings. The van der Waals surface area contributed by atoms with Gasteiger partial charge < -0.3 is 5.32 Å². The van der Waals surface area contributed by atoms with Gasteiger partial charge in [-0.05, 0) is 30.5 Å². The second kappa shape index (κ2) is 7.51. The number of hydrogen-bond donors (Lipinski definition) is 1. The van der Waals surface area contributed by atoms with Crippen LogP contribution in [0.3, 0.4) is 0 Å². The van der Waals surface area contributed by atoms with Crippen molar-refractivity contribution in [2.75, 3.05) is 5.33 Å². The minimum absolute atomic E-state index is 0.118. The van der Waals surface area contributed by atoms with E-state index >= 15 is 0 Å². The standard InChI is InChI=1S/C13H16Br2ClNO/c1-8(2)12(5-6-14)17-13(18)10-4-3-9(15)7-11(10)16/h3-4,7-8,12H,5-6H2,1-2H3,(H,17,18). The van der Waals surface area contributed by atoms with E-state index in [-0.39, 0.29) is 11.9 Å². The van der Waals surface area contributed by atoms with Crippen molar-refractivity contribution in [3.63, 3.8) is 0 Å². The third-order valence-electron chi connectivity index (χ3n) is 2.72. The maximum atomic E-state index is 12.1. The molecule has 1 N–H and O–H groups in total. The summed E-state index contributed by atoms with van der Waals surface area (Å²) in [4.78, 5) is 12.1. The van der Waals surface area contributed by atoms with Crippen molar-refractivity contribution in [2.45, 2.75) is 26.3 Å². The third-order valence-corrected chi connectivity index (χ3v) is 3.98. The van der Waals surface area contributed by atoms with Crippen molar-refractivity contribution in [1.29, 1.82) is 0 Å². The average Bonchev–Trinajstić information content (AvgIpc) is 2.27. The normalized spacial score (nSPS) is 12.6. The van der Waals surface area contributed by atoms with Crippen LogP contribution in [0.25, 0.3) is 0 Å². The molecule has 0 aliphatic heterocycles. The molecule has 0 aliphatic carbocycles. The summed E-state index contributed by atoms with van der Waals surface area (Å²) in [5.41, 5.74) is 0.514. The summed E-state index contributed by atoms with van der Waals surface area (Å²) < 4.78 is 0.866. The minimum Gasteiger partial charge on any atom is -0.349 e. The number of amides is 1. The Morgan fingerprint density at radius 1 is 1.44 bits per heavy atom. The van der Waals surface area contributed by atoms with Gasteiger partial charge in [-0.3, -0.25) is 4.79 Å². The highest BCUT2D eigenvalue weighted by Crippen LogP contribution is 2.21. The lowest BCUT2D eigenvalue weighted by atomic mass is 10.0. The lowest BCUT2D eigenvalue weighted by Gasteiger charge is -2.21. The maximum absolute atomic E-state index is 12.1. The number of halogens is 3. The first-order chi connectivity index (χ1) is 8.45. The first-order valence-corrected chi connectivity index (χ1v) is 8.06. The lowest BCUT2D eigenvalue weighted by Crippen LogP contribution is -2.38. The number of hydrogen-bond acceptors (Lipinski definition) is 1. The molecule has 5 heteroatoms. The van der Waals surface area contributed by atoms with Gasteiger partial charge in [-0.1, -0.05) is 57.3 Å². The smallest absolute Gasteiger partial charge is 0.253 e. The van der Waals surface area contributed by atoms with Crippen LogP contribution in [0.5, 0.6) is 0 Å². The van der Waals surface area contributed by atoms with Gasteiger partial charge in [0.2, 0.25) is 0 Å². The maximum Gasteiger partial charge on any atom is 0.253 e. The lowest BCUT2D eigenvalue weighted by molar-refractivity contribution is 0.0925. The van der Waals surface area contributed by atoms with Gasteiger partial charge in [0, 0.05) is 15.8 Å². The molecule has 1 rings (SSSR count). The zero-order valence-electron chi connectivity index (χ0n) is 10.3. The monoisotopic (exact) mass is 395 g/mol. The SMILES string of the molecule is CC(C)C(CCBr)NC(=O)c1ccc(Br)cc1Cl. The predicted molar refractivity (Wildman–Crippen MR) is 83.7 cm³/mol. The molecule has 0 radical (unpaired) electrons. The van der Waals surface area contributed by atoms with E-state index in [0.717, 1.165) is 16.2 Å². The topological polar surface area (TPSA) is 29.1 Å². The summed E-state index contributed by atoms with van der Waals surface area (Å²) in [6.45, 7) is 4.19. The zero-order chi connectivity index (χ0) is 13.7. The van der Waals surface area contributed by atoms with Crippen molar-refractivity contribution < 1.29 is 4.79 Å². The molecule has 18 heavy (non-hydrogen) atoms. The van der Waals surface area contributed by atoms with Crippen LogP contribution in [-0.4, -0.2) is 17.3 Å². The molecule has 0 fully saturated rings. The number of nitrogens with one attached hydrogen (secondary N) is 1. The summed E-state index contributed by atoms with van der Waals surface area (Å²) in [5.74, 6) is 0.271. The summed E-state index contributed by atoms with van der Waals surface area (Å²) in [5, 5.41) is 4.35. The number of alkyl halides is 1. The molecule has 0 bridgehead atoms. The molecule has 100 valence electrons. The van der Waals surface area contributed by atoms with Crippen molar-refractivity contribution in [1.82, 2.24) is 5.32 Å². The third kappa shape index (κ3) is 4.56. The van der Waals surface area contributed by atoms with Gasteiger partial charge in [0.05, 0.1) is 10.6 Å². The van der Waals surface area contributed by atoms with Gasteiger partial charge in [-0.15, -0.1) is 0 Å². The van der Waals surface area contributed by atoms with Gasteiger partial charge in [0.15, 0.2) is 0 Å². The van der Waals surface area contributed by atoms with Crippen molar-refractivity contribution in [3.8, 4) is 0 Å². The molecule has 1 amide bonds. The van der Waals surface area contributed by atoms with E-state index in [9.17, 15) is 4.79 Å². The fourth-order valence-corrected chi connectivity index (χ4v) is 2.86. The molecule has 1 unspecified atom stereocenters. The molecule has 0 aliphatic rings. The van der Waals surface area contributed by atoms with Crippen LogP contribution in [0.1, 0.15) is 30.6 Å². The zero-order valence-corrected chi connectivity index (χ0v) is 14.3. The quantitative estimate of drug-likeness (QED) is 0.721. The first kappa shape index (κ1) is 16.0. The number of carbonyl (C=O) groups excluding carboxylic acids is 1. The van der Waals surface area contributed by atoms with E-state index in [1.165, 1.54) is 0 Å². The molecule has 0 saturated carbocycles. The van der Waals surface area contributed by atoms with Gasteiger partial charge in [-0.25, -0.2) is 0 Å². The fourth-order valence-electron chi connectivity index (χ4n) is 1.61. The second-order valence-electron chi connectivity index (χ2n) is 4.43. The Hall–Kier alpha value is -0.0600. The van der Waals surface area contributed by atoms with E-state index in [2.05, 4.69) is 51.0 Å². The van der Waals surface area contributed by atoms with Gasteiger partial charge in [-0.2, -0.15) is 0 Å². The number of rotatable bonds is 5. The van der Waals surface area contributed by atoms with Gasteiger partial charge in [0.25, 0.3) is 5.91 Å². The molecular weight excluding hydrogens is 381 g/mol. The predicted octanol–water partition coefficient (Wildman–Crippen LogP) is 4.64. The Morgan fingerprint density at radius 3 is 2.61 bits per heavy atom. The molecular formula is C13H16Br2ClNO. The Balaban J connectivity index is 2.80. The molecule has 2 nitrogen and oxygen atoms in total. The fraction of sp³-hybridized carbons (Fsp3) is 0.462. The van der Waals surface area contributed by atoms with Crippen LogP contribution in [-0.2, 0) is 0 Å². The van der Waals surface area contributed by atoms with Gasteiger partial charge >= 0.3 is 0 Å². The molecule has 0 heterocycles.